The number of rotatable bonds is 2. The topological polar surface area (TPSA) is 37.3 Å². The number of Topliss-reactive ketones (excluding diaryl/α,β-unsaturated/α-hetero) is 1. The highest BCUT2D eigenvalue weighted by Gasteiger charge is 2.11. The van der Waals surface area contributed by atoms with Gasteiger partial charge in [-0.15, -0.1) is 0 Å². The third kappa shape index (κ3) is 2.16. The van der Waals surface area contributed by atoms with Crippen LogP contribution in [0.4, 0.5) is 0 Å². The van der Waals surface area contributed by atoms with E-state index in [1.807, 2.05) is 6.07 Å². The molecule has 0 aliphatic rings. The summed E-state index contributed by atoms with van der Waals surface area (Å²) in [6.07, 6.45) is -0.998. The van der Waals surface area contributed by atoms with Crippen molar-refractivity contribution < 1.29 is 9.90 Å². The minimum atomic E-state index is -0.998. The molecule has 0 aliphatic carbocycles. The van der Waals surface area contributed by atoms with Crippen LogP contribution in [0.15, 0.2) is 28.7 Å². The van der Waals surface area contributed by atoms with Crippen molar-refractivity contribution >= 4 is 21.7 Å². The van der Waals surface area contributed by atoms with E-state index in [2.05, 4.69) is 15.9 Å². The number of halogens is 1. The van der Waals surface area contributed by atoms with Crippen LogP contribution < -0.4 is 0 Å². The molecule has 12 heavy (non-hydrogen) atoms. The lowest BCUT2D eigenvalue weighted by molar-refractivity contribution is -0.125. The lowest BCUT2D eigenvalue weighted by Gasteiger charge is -2.06. The van der Waals surface area contributed by atoms with Gasteiger partial charge in [-0.25, -0.2) is 0 Å². The Morgan fingerprint density at radius 2 is 2.25 bits per heavy atom. The van der Waals surface area contributed by atoms with Crippen LogP contribution in [0.25, 0.3) is 0 Å². The minimum Gasteiger partial charge on any atom is -0.381 e. The van der Waals surface area contributed by atoms with E-state index in [9.17, 15) is 9.90 Å². The summed E-state index contributed by atoms with van der Waals surface area (Å²) >= 11 is 3.26. The van der Waals surface area contributed by atoms with Gasteiger partial charge in [-0.3, -0.25) is 4.79 Å². The summed E-state index contributed by atoms with van der Waals surface area (Å²) < 4.78 is 0.861. The molecule has 1 N–H and O–H groups in total. The molecule has 0 unspecified atom stereocenters. The first-order valence-electron chi connectivity index (χ1n) is 3.55. The van der Waals surface area contributed by atoms with Crippen LogP contribution in [0.1, 0.15) is 18.6 Å². The van der Waals surface area contributed by atoms with Gasteiger partial charge in [0.15, 0.2) is 5.78 Å². The summed E-state index contributed by atoms with van der Waals surface area (Å²) in [5.41, 5.74) is 0.622. The van der Waals surface area contributed by atoms with Crippen molar-refractivity contribution in [3.63, 3.8) is 0 Å². The maximum atomic E-state index is 10.8. The highest BCUT2D eigenvalue weighted by Crippen LogP contribution is 2.18. The van der Waals surface area contributed by atoms with Gasteiger partial charge in [-0.05, 0) is 24.6 Å². The van der Waals surface area contributed by atoms with Crippen molar-refractivity contribution in [3.05, 3.63) is 34.3 Å². The summed E-state index contributed by atoms with van der Waals surface area (Å²) in [6, 6.07) is 7.07. The van der Waals surface area contributed by atoms with E-state index in [0.717, 1.165) is 4.47 Å². The molecular weight excluding hydrogens is 220 g/mol. The average Bonchev–Trinajstić information content (AvgIpc) is 2.03. The molecule has 3 heteroatoms. The van der Waals surface area contributed by atoms with Gasteiger partial charge >= 0.3 is 0 Å². The van der Waals surface area contributed by atoms with Gasteiger partial charge in [-0.1, -0.05) is 28.1 Å². The average molecular weight is 229 g/mol. The van der Waals surface area contributed by atoms with Crippen LogP contribution >= 0.6 is 15.9 Å². The van der Waals surface area contributed by atoms with Crippen molar-refractivity contribution in [2.75, 3.05) is 0 Å². The number of carbonyl (C=O) groups is 1. The molecule has 0 aromatic heterocycles. The molecular formula is C9H9BrO2. The minimum absolute atomic E-state index is 0.242. The van der Waals surface area contributed by atoms with E-state index < -0.39 is 6.10 Å². The quantitative estimate of drug-likeness (QED) is 0.842. The number of aliphatic hydroxyl groups excluding tert-OH is 1. The zero-order valence-corrected chi connectivity index (χ0v) is 8.21. The van der Waals surface area contributed by atoms with Crippen LogP contribution in [0.3, 0.4) is 0 Å². The highest BCUT2D eigenvalue weighted by atomic mass is 79.9. The molecule has 0 fully saturated rings. The maximum absolute atomic E-state index is 10.8. The lowest BCUT2D eigenvalue weighted by atomic mass is 10.1. The molecule has 0 radical (unpaired) electrons. The Hall–Kier alpha value is -0.670. The third-order valence-corrected chi connectivity index (χ3v) is 2.04. The molecule has 0 saturated carbocycles. The van der Waals surface area contributed by atoms with E-state index in [4.69, 9.17) is 0 Å². The summed E-state index contributed by atoms with van der Waals surface area (Å²) in [5.74, 6) is -0.242. The van der Waals surface area contributed by atoms with Crippen molar-refractivity contribution in [1.29, 1.82) is 0 Å². The number of hydrogen-bond acceptors (Lipinski definition) is 2. The second-order valence-electron chi connectivity index (χ2n) is 2.57. The molecule has 0 aliphatic heterocycles. The molecule has 0 heterocycles. The first kappa shape index (κ1) is 9.42. The van der Waals surface area contributed by atoms with Gasteiger partial charge in [0.1, 0.15) is 6.10 Å². The summed E-state index contributed by atoms with van der Waals surface area (Å²) in [6.45, 7) is 1.37. The van der Waals surface area contributed by atoms with Crippen LogP contribution in [0.5, 0.6) is 0 Å². The molecule has 0 amide bonds. The lowest BCUT2D eigenvalue weighted by Crippen LogP contribution is -2.06. The van der Waals surface area contributed by atoms with Gasteiger partial charge in [0, 0.05) is 4.47 Å². The van der Waals surface area contributed by atoms with E-state index >= 15 is 0 Å². The van der Waals surface area contributed by atoms with Crippen molar-refractivity contribution in [1.82, 2.24) is 0 Å². The Kier molecular flexibility index (Phi) is 3.00. The number of hydrogen-bond donors (Lipinski definition) is 1. The van der Waals surface area contributed by atoms with Crippen molar-refractivity contribution in [2.45, 2.75) is 13.0 Å². The third-order valence-electron chi connectivity index (χ3n) is 1.55. The summed E-state index contributed by atoms with van der Waals surface area (Å²) in [4.78, 5) is 10.8. The van der Waals surface area contributed by atoms with Crippen LogP contribution in [-0.2, 0) is 4.79 Å². The smallest absolute Gasteiger partial charge is 0.162 e. The Morgan fingerprint density at radius 1 is 1.58 bits per heavy atom. The first-order valence-corrected chi connectivity index (χ1v) is 4.34. The molecule has 1 rings (SSSR count). The zero-order valence-electron chi connectivity index (χ0n) is 6.62. The SMILES string of the molecule is CC(=O)[C@H](O)c1cccc(Br)c1. The number of aliphatic hydroxyl groups is 1. The largest absolute Gasteiger partial charge is 0.381 e. The van der Waals surface area contributed by atoms with E-state index in [1.165, 1.54) is 6.92 Å². The zero-order chi connectivity index (χ0) is 9.14. The number of ketones is 1. The fraction of sp³-hybridized carbons (Fsp3) is 0.222. The Balaban J connectivity index is 2.95. The van der Waals surface area contributed by atoms with Crippen LogP contribution in [0, 0.1) is 0 Å². The molecule has 0 bridgehead atoms. The van der Waals surface area contributed by atoms with Crippen molar-refractivity contribution in [3.8, 4) is 0 Å². The molecule has 1 aromatic rings. The summed E-state index contributed by atoms with van der Waals surface area (Å²) in [7, 11) is 0. The van der Waals surface area contributed by atoms with E-state index in [1.54, 1.807) is 18.2 Å². The first-order chi connectivity index (χ1) is 5.61. The van der Waals surface area contributed by atoms with Gasteiger partial charge < -0.3 is 5.11 Å². The number of benzene rings is 1. The molecule has 1 aromatic carbocycles. The molecule has 0 saturated heterocycles. The molecule has 1 atom stereocenters. The van der Waals surface area contributed by atoms with Crippen LogP contribution in [-0.4, -0.2) is 10.9 Å². The fourth-order valence-electron chi connectivity index (χ4n) is 0.911. The molecule has 2 nitrogen and oxygen atoms in total. The fourth-order valence-corrected chi connectivity index (χ4v) is 1.33. The van der Waals surface area contributed by atoms with Gasteiger partial charge in [0.05, 0.1) is 0 Å². The van der Waals surface area contributed by atoms with Gasteiger partial charge in [0.25, 0.3) is 0 Å². The highest BCUT2D eigenvalue weighted by molar-refractivity contribution is 9.10. The second-order valence-corrected chi connectivity index (χ2v) is 3.48. The van der Waals surface area contributed by atoms with Gasteiger partial charge in [0.2, 0.25) is 0 Å². The normalized spacial score (nSPS) is 12.6. The van der Waals surface area contributed by atoms with Crippen molar-refractivity contribution in [2.24, 2.45) is 0 Å². The molecule has 64 valence electrons. The maximum Gasteiger partial charge on any atom is 0.162 e. The monoisotopic (exact) mass is 228 g/mol. The van der Waals surface area contributed by atoms with E-state index in [0.29, 0.717) is 5.56 Å². The van der Waals surface area contributed by atoms with Gasteiger partial charge in [-0.2, -0.15) is 0 Å². The Morgan fingerprint density at radius 3 is 2.75 bits per heavy atom. The Bertz CT molecular complexity index is 296. The van der Waals surface area contributed by atoms with Crippen LogP contribution in [0.2, 0.25) is 0 Å². The predicted octanol–water partition coefficient (Wildman–Crippen LogP) is 2.07. The van der Waals surface area contributed by atoms with E-state index in [-0.39, 0.29) is 5.78 Å². The standard InChI is InChI=1S/C9H9BrO2/c1-6(11)9(12)7-3-2-4-8(10)5-7/h2-5,9,12H,1H3/t9-/m0/s1. The molecule has 0 spiro atoms. The second kappa shape index (κ2) is 3.83. The predicted molar refractivity (Wildman–Crippen MR) is 49.8 cm³/mol. The summed E-state index contributed by atoms with van der Waals surface area (Å²) in [5, 5.41) is 9.35. The Labute approximate surface area is 79.3 Å². The number of carbonyl (C=O) groups excluding carboxylic acids is 1.